The second-order valence-corrected chi connectivity index (χ2v) is 3.61. The van der Waals surface area contributed by atoms with Crippen molar-refractivity contribution in [2.45, 2.75) is 20.8 Å². The lowest BCUT2D eigenvalue weighted by Gasteiger charge is -2.05. The van der Waals surface area contributed by atoms with Crippen LogP contribution in [0.1, 0.15) is 28.4 Å². The molecule has 0 radical (unpaired) electrons. The van der Waals surface area contributed by atoms with E-state index in [1.807, 2.05) is 0 Å². The first-order chi connectivity index (χ1) is 7.90. The summed E-state index contributed by atoms with van der Waals surface area (Å²) in [6.45, 7) is 4.82. The number of aromatic hydroxyl groups is 2. The Balaban J connectivity index is 3.63. The second-order valence-electron chi connectivity index (χ2n) is 3.61. The maximum Gasteiger partial charge on any atom is 0.338 e. The average molecular weight is 238 g/mol. The number of hydrogen-bond acceptors (Lipinski definition) is 5. The Hall–Kier alpha value is -2.04. The Bertz CT molecular complexity index is 519. The van der Waals surface area contributed by atoms with Gasteiger partial charge in [-0.3, -0.25) is 4.79 Å². The van der Waals surface area contributed by atoms with Gasteiger partial charge in [0.2, 0.25) is 11.2 Å². The van der Waals surface area contributed by atoms with Crippen molar-refractivity contribution in [2.24, 2.45) is 0 Å². The summed E-state index contributed by atoms with van der Waals surface area (Å²) in [5, 5.41) is 19.0. The van der Waals surface area contributed by atoms with Gasteiger partial charge in [0.1, 0.15) is 0 Å². The fraction of sp³-hybridized carbons (Fsp3) is 0.333. The molecule has 17 heavy (non-hydrogen) atoms. The topological polar surface area (TPSA) is 83.8 Å². The van der Waals surface area contributed by atoms with Crippen molar-refractivity contribution < 1.29 is 19.7 Å². The largest absolute Gasteiger partial charge is 0.504 e. The minimum absolute atomic E-state index is 0.0988. The summed E-state index contributed by atoms with van der Waals surface area (Å²) in [6.07, 6.45) is 0. The Morgan fingerprint density at radius 3 is 2.41 bits per heavy atom. The van der Waals surface area contributed by atoms with Crippen LogP contribution < -0.4 is 5.43 Å². The van der Waals surface area contributed by atoms with Crippen molar-refractivity contribution in [3.8, 4) is 11.5 Å². The highest BCUT2D eigenvalue weighted by Gasteiger charge is 2.18. The standard InChI is InChI=1S/C12H14O5/c1-4-17-12(16)9-6(2)5-8(13)11(15)10(14)7(9)3/h5H,4H2,1-3H3,(H2,13,14,15). The van der Waals surface area contributed by atoms with E-state index >= 15 is 0 Å². The lowest BCUT2D eigenvalue weighted by Crippen LogP contribution is -2.08. The summed E-state index contributed by atoms with van der Waals surface area (Å²) in [5.74, 6) is -1.99. The minimum atomic E-state index is -0.763. The van der Waals surface area contributed by atoms with Gasteiger partial charge in [-0.15, -0.1) is 0 Å². The van der Waals surface area contributed by atoms with Crippen LogP contribution in [0.3, 0.4) is 0 Å². The van der Waals surface area contributed by atoms with Crippen molar-refractivity contribution in [1.29, 1.82) is 0 Å². The summed E-state index contributed by atoms with van der Waals surface area (Å²) in [5.41, 5.74) is -0.164. The van der Waals surface area contributed by atoms with Gasteiger partial charge in [0.15, 0.2) is 5.75 Å². The number of carbonyl (C=O) groups excluding carboxylic acids is 1. The molecule has 0 atom stereocenters. The zero-order valence-electron chi connectivity index (χ0n) is 9.90. The first-order valence-electron chi connectivity index (χ1n) is 5.13. The van der Waals surface area contributed by atoms with Gasteiger partial charge in [-0.2, -0.15) is 0 Å². The van der Waals surface area contributed by atoms with E-state index in [0.717, 1.165) is 6.07 Å². The zero-order valence-corrected chi connectivity index (χ0v) is 9.90. The van der Waals surface area contributed by atoms with Crippen LogP contribution in [0.25, 0.3) is 0 Å². The molecule has 0 fully saturated rings. The second kappa shape index (κ2) is 4.86. The van der Waals surface area contributed by atoms with Crippen molar-refractivity contribution in [3.63, 3.8) is 0 Å². The van der Waals surface area contributed by atoms with Gasteiger partial charge in [-0.1, -0.05) is 0 Å². The van der Waals surface area contributed by atoms with E-state index in [0.29, 0.717) is 5.56 Å². The molecule has 0 spiro atoms. The molecule has 0 aliphatic rings. The third-order valence-corrected chi connectivity index (χ3v) is 2.41. The van der Waals surface area contributed by atoms with Gasteiger partial charge in [-0.05, 0) is 32.4 Å². The van der Waals surface area contributed by atoms with E-state index in [-0.39, 0.29) is 17.7 Å². The van der Waals surface area contributed by atoms with Gasteiger partial charge >= 0.3 is 5.97 Å². The van der Waals surface area contributed by atoms with E-state index in [9.17, 15) is 19.8 Å². The number of rotatable bonds is 2. The van der Waals surface area contributed by atoms with Gasteiger partial charge in [-0.25, -0.2) is 4.79 Å². The molecule has 0 saturated carbocycles. The SMILES string of the molecule is CCOC(=O)c1c(C)cc(=O)c(O)c(O)c1C. The Labute approximate surface area is 98.3 Å². The van der Waals surface area contributed by atoms with Crippen LogP contribution >= 0.6 is 0 Å². The number of ether oxygens (including phenoxy) is 1. The molecular formula is C12H14O5. The number of hydrogen-bond donors (Lipinski definition) is 2. The molecule has 0 heterocycles. The molecule has 1 aromatic carbocycles. The van der Waals surface area contributed by atoms with Crippen molar-refractivity contribution in [3.05, 3.63) is 33.0 Å². The molecule has 0 amide bonds. The first-order valence-corrected chi connectivity index (χ1v) is 5.13. The third kappa shape index (κ3) is 2.38. The van der Waals surface area contributed by atoms with Crippen LogP contribution in [-0.2, 0) is 4.74 Å². The van der Waals surface area contributed by atoms with Crippen LogP contribution in [0.4, 0.5) is 0 Å². The van der Waals surface area contributed by atoms with Crippen molar-refractivity contribution in [2.75, 3.05) is 6.61 Å². The lowest BCUT2D eigenvalue weighted by atomic mass is 10.1. The van der Waals surface area contributed by atoms with Crippen LogP contribution in [-0.4, -0.2) is 22.8 Å². The van der Waals surface area contributed by atoms with E-state index in [4.69, 9.17) is 4.74 Å². The molecule has 0 aliphatic carbocycles. The minimum Gasteiger partial charge on any atom is -0.504 e. The molecule has 5 nitrogen and oxygen atoms in total. The van der Waals surface area contributed by atoms with E-state index in [1.165, 1.54) is 6.92 Å². The van der Waals surface area contributed by atoms with Crippen LogP contribution in [0, 0.1) is 13.8 Å². The maximum absolute atomic E-state index is 11.7. The molecule has 1 aromatic rings. The van der Waals surface area contributed by atoms with Crippen molar-refractivity contribution >= 4 is 5.97 Å². The van der Waals surface area contributed by atoms with Crippen LogP contribution in [0.2, 0.25) is 0 Å². The number of aryl methyl sites for hydroxylation is 1. The van der Waals surface area contributed by atoms with E-state index < -0.39 is 22.9 Å². The summed E-state index contributed by atoms with van der Waals surface area (Å²) >= 11 is 0. The highest BCUT2D eigenvalue weighted by molar-refractivity contribution is 5.93. The Morgan fingerprint density at radius 2 is 1.88 bits per heavy atom. The monoisotopic (exact) mass is 238 g/mol. The fourth-order valence-electron chi connectivity index (χ4n) is 1.56. The molecule has 92 valence electrons. The first kappa shape index (κ1) is 13.0. The van der Waals surface area contributed by atoms with Gasteiger partial charge in [0.05, 0.1) is 12.2 Å². The fourth-order valence-corrected chi connectivity index (χ4v) is 1.56. The molecule has 0 aromatic heterocycles. The molecule has 2 N–H and O–H groups in total. The number of carbonyl (C=O) groups is 1. The highest BCUT2D eigenvalue weighted by atomic mass is 16.5. The zero-order chi connectivity index (χ0) is 13.2. The normalized spacial score (nSPS) is 10.1. The average Bonchev–Trinajstić information content (AvgIpc) is 2.32. The summed E-state index contributed by atoms with van der Waals surface area (Å²) in [4.78, 5) is 23.1. The molecule has 0 bridgehead atoms. The van der Waals surface area contributed by atoms with Crippen LogP contribution in [0.15, 0.2) is 10.9 Å². The quantitative estimate of drug-likeness (QED) is 0.757. The predicted octanol–water partition coefficient (Wildman–Crippen LogP) is 1.25. The Morgan fingerprint density at radius 1 is 1.29 bits per heavy atom. The maximum atomic E-state index is 11.7. The van der Waals surface area contributed by atoms with Gasteiger partial charge in [0.25, 0.3) is 0 Å². The molecule has 0 aliphatic heterocycles. The molecule has 1 rings (SSSR count). The summed E-state index contributed by atoms with van der Waals surface area (Å²) < 4.78 is 4.83. The van der Waals surface area contributed by atoms with Gasteiger partial charge < -0.3 is 14.9 Å². The van der Waals surface area contributed by atoms with E-state index in [1.54, 1.807) is 13.8 Å². The molecule has 5 heteroatoms. The van der Waals surface area contributed by atoms with E-state index in [2.05, 4.69) is 0 Å². The molecular weight excluding hydrogens is 224 g/mol. The summed E-state index contributed by atoms with van der Waals surface area (Å²) in [6, 6.07) is 1.09. The Kier molecular flexibility index (Phi) is 3.73. The summed E-state index contributed by atoms with van der Waals surface area (Å²) in [7, 11) is 0. The van der Waals surface area contributed by atoms with Crippen LogP contribution in [0.5, 0.6) is 11.5 Å². The van der Waals surface area contributed by atoms with Gasteiger partial charge in [0, 0.05) is 5.56 Å². The molecule has 0 unspecified atom stereocenters. The smallest absolute Gasteiger partial charge is 0.338 e. The molecule has 0 saturated heterocycles. The highest BCUT2D eigenvalue weighted by Crippen LogP contribution is 2.28. The third-order valence-electron chi connectivity index (χ3n) is 2.41. The lowest BCUT2D eigenvalue weighted by molar-refractivity contribution is 0.0524. The number of esters is 1. The van der Waals surface area contributed by atoms with Crippen molar-refractivity contribution in [1.82, 2.24) is 0 Å². The predicted molar refractivity (Wildman–Crippen MR) is 61.5 cm³/mol.